The molecule has 1 saturated carbocycles. The van der Waals surface area contributed by atoms with Crippen LogP contribution in [0.1, 0.15) is 48.6 Å². The van der Waals surface area contributed by atoms with E-state index < -0.39 is 0 Å². The minimum atomic E-state index is -0.0704. The summed E-state index contributed by atoms with van der Waals surface area (Å²) in [4.78, 5) is 31.2. The molecule has 1 heterocycles. The number of aromatic nitrogens is 1. The number of amides is 2. The number of rotatable bonds is 12. The van der Waals surface area contributed by atoms with E-state index >= 15 is 0 Å². The maximum Gasteiger partial charge on any atom is 0.242 e. The molecule has 2 atom stereocenters. The van der Waals surface area contributed by atoms with E-state index in [-0.39, 0.29) is 36.2 Å². The van der Waals surface area contributed by atoms with E-state index in [1.807, 2.05) is 97.7 Å². The molecule has 212 valence electrons. The van der Waals surface area contributed by atoms with Gasteiger partial charge in [0.2, 0.25) is 11.8 Å². The molecule has 0 bridgehead atoms. The summed E-state index contributed by atoms with van der Waals surface area (Å²) in [6, 6.07) is 32.3. The second kappa shape index (κ2) is 12.9. The molecule has 2 amide bonds. The lowest BCUT2D eigenvalue weighted by molar-refractivity contribution is -0.143. The number of nitrogens with zero attached hydrogens (tertiary/aromatic N) is 3. The van der Waals surface area contributed by atoms with Gasteiger partial charge in [-0.2, -0.15) is 0 Å². The van der Waals surface area contributed by atoms with Gasteiger partial charge in [-0.25, -0.2) is 0 Å². The second-order valence-electron chi connectivity index (χ2n) is 11.1. The lowest BCUT2D eigenvalue weighted by atomic mass is 10.1. The van der Waals surface area contributed by atoms with Crippen molar-refractivity contribution >= 4 is 11.8 Å². The number of ether oxygens (including phenoxy) is 1. The molecule has 0 aliphatic heterocycles. The van der Waals surface area contributed by atoms with Crippen LogP contribution in [-0.2, 0) is 29.2 Å². The van der Waals surface area contributed by atoms with Crippen LogP contribution < -0.4 is 4.74 Å². The molecule has 4 aromatic rings. The van der Waals surface area contributed by atoms with Crippen molar-refractivity contribution in [2.75, 3.05) is 13.7 Å². The van der Waals surface area contributed by atoms with Crippen molar-refractivity contribution in [3.8, 4) is 5.75 Å². The normalized spacial score (nSPS) is 15.9. The Balaban J connectivity index is 1.33. The van der Waals surface area contributed by atoms with Crippen molar-refractivity contribution in [1.29, 1.82) is 0 Å². The first kappa shape index (κ1) is 28.2. The van der Waals surface area contributed by atoms with Gasteiger partial charge in [0.1, 0.15) is 12.3 Å². The van der Waals surface area contributed by atoms with E-state index in [2.05, 4.69) is 28.8 Å². The number of methoxy groups -OCH3 is 1. The van der Waals surface area contributed by atoms with Crippen LogP contribution in [0.25, 0.3) is 0 Å². The Kier molecular flexibility index (Phi) is 8.88. The van der Waals surface area contributed by atoms with Crippen molar-refractivity contribution in [3.63, 3.8) is 0 Å². The van der Waals surface area contributed by atoms with Gasteiger partial charge < -0.3 is 19.1 Å². The van der Waals surface area contributed by atoms with Crippen molar-refractivity contribution in [2.24, 2.45) is 5.92 Å². The summed E-state index contributed by atoms with van der Waals surface area (Å²) in [6.07, 6.45) is 2.88. The average Bonchev–Trinajstić information content (AvgIpc) is 3.69. The van der Waals surface area contributed by atoms with Gasteiger partial charge in [0.05, 0.1) is 13.7 Å². The molecule has 1 aromatic heterocycles. The van der Waals surface area contributed by atoms with E-state index in [1.165, 1.54) is 5.56 Å². The first-order chi connectivity index (χ1) is 19.9. The monoisotopic (exact) mass is 549 g/mol. The molecule has 41 heavy (non-hydrogen) atoms. The maximum atomic E-state index is 13.9. The van der Waals surface area contributed by atoms with E-state index in [9.17, 15) is 9.59 Å². The SMILES string of the molecule is COc1cccc(Cn2cccc2CN(Cc2ccccc2)C(=O)CN(C(=O)C2CC2c2ccccc2)C(C)C)c1. The molecule has 6 nitrogen and oxygen atoms in total. The van der Waals surface area contributed by atoms with Crippen molar-refractivity contribution in [1.82, 2.24) is 14.4 Å². The molecule has 0 spiro atoms. The van der Waals surface area contributed by atoms with Crippen LogP contribution in [0.4, 0.5) is 0 Å². The highest BCUT2D eigenvalue weighted by Crippen LogP contribution is 2.48. The van der Waals surface area contributed by atoms with Gasteiger partial charge in [0, 0.05) is 36.9 Å². The van der Waals surface area contributed by atoms with Gasteiger partial charge in [0.25, 0.3) is 0 Å². The standard InChI is InChI=1S/C35H39N3O3/c1-26(2)38(35(40)33-21-32(33)29-15-8-5-9-16-29)25-34(39)37(22-27-12-6-4-7-13-27)24-30-17-11-19-36(30)23-28-14-10-18-31(20-28)41-3/h4-20,26,32-33H,21-25H2,1-3H3. The number of benzene rings is 3. The summed E-state index contributed by atoms with van der Waals surface area (Å²) >= 11 is 0. The van der Waals surface area contributed by atoms with Crippen molar-refractivity contribution in [3.05, 3.63) is 126 Å². The van der Waals surface area contributed by atoms with Crippen LogP contribution in [-0.4, -0.2) is 45.9 Å². The van der Waals surface area contributed by atoms with Crippen LogP contribution >= 0.6 is 0 Å². The van der Waals surface area contributed by atoms with Gasteiger partial charge in [-0.05, 0) is 67.1 Å². The van der Waals surface area contributed by atoms with Crippen LogP contribution in [0.15, 0.2) is 103 Å². The number of carbonyl (C=O) groups is 2. The third-order valence-corrected chi connectivity index (χ3v) is 7.88. The summed E-state index contributed by atoms with van der Waals surface area (Å²) in [5.41, 5.74) is 4.41. The number of hydrogen-bond acceptors (Lipinski definition) is 3. The van der Waals surface area contributed by atoms with E-state index in [0.717, 1.165) is 29.0 Å². The minimum absolute atomic E-state index is 0.0538. The van der Waals surface area contributed by atoms with Crippen LogP contribution in [0, 0.1) is 5.92 Å². The summed E-state index contributed by atoms with van der Waals surface area (Å²) in [5, 5.41) is 0. The predicted octanol–water partition coefficient (Wildman–Crippen LogP) is 6.11. The quantitative estimate of drug-likeness (QED) is 0.214. The summed E-state index contributed by atoms with van der Waals surface area (Å²) in [7, 11) is 1.67. The first-order valence-corrected chi connectivity index (χ1v) is 14.4. The molecular formula is C35H39N3O3. The summed E-state index contributed by atoms with van der Waals surface area (Å²) < 4.78 is 7.57. The third kappa shape index (κ3) is 7.07. The van der Waals surface area contributed by atoms with E-state index in [4.69, 9.17) is 4.74 Å². The zero-order valence-electron chi connectivity index (χ0n) is 24.1. The number of carbonyl (C=O) groups excluding carboxylic acids is 2. The number of hydrogen-bond donors (Lipinski definition) is 0. The fourth-order valence-electron chi connectivity index (χ4n) is 5.46. The highest BCUT2D eigenvalue weighted by atomic mass is 16.5. The van der Waals surface area contributed by atoms with E-state index in [0.29, 0.717) is 19.6 Å². The Labute approximate surface area is 243 Å². The molecule has 0 N–H and O–H groups in total. The Morgan fingerprint density at radius 1 is 0.878 bits per heavy atom. The fraction of sp³-hybridized carbons (Fsp3) is 0.314. The second-order valence-corrected chi connectivity index (χ2v) is 11.1. The van der Waals surface area contributed by atoms with E-state index in [1.54, 1.807) is 12.0 Å². The van der Waals surface area contributed by atoms with Crippen molar-refractivity contribution in [2.45, 2.75) is 51.9 Å². The Morgan fingerprint density at radius 2 is 1.59 bits per heavy atom. The zero-order valence-corrected chi connectivity index (χ0v) is 24.1. The average molecular weight is 550 g/mol. The largest absolute Gasteiger partial charge is 0.497 e. The highest BCUT2D eigenvalue weighted by Gasteiger charge is 2.46. The molecule has 1 aliphatic rings. The van der Waals surface area contributed by atoms with Gasteiger partial charge in [0.15, 0.2) is 0 Å². The molecule has 1 fully saturated rings. The smallest absolute Gasteiger partial charge is 0.242 e. The fourth-order valence-corrected chi connectivity index (χ4v) is 5.46. The molecule has 5 rings (SSSR count). The molecular weight excluding hydrogens is 510 g/mol. The minimum Gasteiger partial charge on any atom is -0.497 e. The van der Waals surface area contributed by atoms with Crippen molar-refractivity contribution < 1.29 is 14.3 Å². The topological polar surface area (TPSA) is 54.8 Å². The Hall–Kier alpha value is -4.32. The first-order valence-electron chi connectivity index (χ1n) is 14.4. The lowest BCUT2D eigenvalue weighted by Gasteiger charge is -2.31. The van der Waals surface area contributed by atoms with Gasteiger partial charge >= 0.3 is 0 Å². The molecule has 3 aromatic carbocycles. The summed E-state index contributed by atoms with van der Waals surface area (Å²) in [5.74, 6) is 1.02. The Bertz CT molecular complexity index is 1450. The summed E-state index contributed by atoms with van der Waals surface area (Å²) in [6.45, 7) is 5.64. The van der Waals surface area contributed by atoms with Gasteiger partial charge in [-0.3, -0.25) is 9.59 Å². The van der Waals surface area contributed by atoms with Crippen LogP contribution in [0.3, 0.4) is 0 Å². The predicted molar refractivity (Wildman–Crippen MR) is 161 cm³/mol. The molecule has 1 aliphatic carbocycles. The molecule has 0 radical (unpaired) electrons. The molecule has 6 heteroatoms. The molecule has 0 saturated heterocycles. The molecule has 2 unspecified atom stereocenters. The van der Waals surface area contributed by atoms with Gasteiger partial charge in [-0.1, -0.05) is 72.8 Å². The lowest BCUT2D eigenvalue weighted by Crippen LogP contribution is -2.46. The van der Waals surface area contributed by atoms with Crippen LogP contribution in [0.2, 0.25) is 0 Å². The highest BCUT2D eigenvalue weighted by molar-refractivity contribution is 5.88. The third-order valence-electron chi connectivity index (χ3n) is 7.88. The maximum absolute atomic E-state index is 13.9. The Morgan fingerprint density at radius 3 is 2.29 bits per heavy atom. The van der Waals surface area contributed by atoms with Crippen LogP contribution in [0.5, 0.6) is 5.75 Å². The van der Waals surface area contributed by atoms with Gasteiger partial charge in [-0.15, -0.1) is 0 Å². The zero-order chi connectivity index (χ0) is 28.8.